The molecule has 3 aromatic rings. The van der Waals surface area contributed by atoms with Gasteiger partial charge in [-0.3, -0.25) is 4.90 Å². The quantitative estimate of drug-likeness (QED) is 0.417. The molecule has 0 amide bonds. The Morgan fingerprint density at radius 3 is 2.38 bits per heavy atom. The number of aryl methyl sites for hydroxylation is 1. The first kappa shape index (κ1) is 22.5. The lowest BCUT2D eigenvalue weighted by atomic mass is 9.93. The molecule has 0 atom stereocenters. The van der Waals surface area contributed by atoms with Gasteiger partial charge in [0.2, 0.25) is 0 Å². The fourth-order valence-electron chi connectivity index (χ4n) is 4.59. The molecule has 0 unspecified atom stereocenters. The summed E-state index contributed by atoms with van der Waals surface area (Å²) in [5.74, 6) is 1.71. The van der Waals surface area contributed by atoms with Crippen LogP contribution in [-0.4, -0.2) is 34.7 Å². The number of rotatable bonds is 10. The van der Waals surface area contributed by atoms with Gasteiger partial charge in [0.15, 0.2) is 0 Å². The molecule has 1 aliphatic heterocycles. The normalized spacial score (nSPS) is 15.0. The van der Waals surface area contributed by atoms with E-state index in [1.54, 1.807) is 0 Å². The van der Waals surface area contributed by atoms with Gasteiger partial charge in [-0.05, 0) is 68.3 Å². The van der Waals surface area contributed by atoms with Gasteiger partial charge in [-0.25, -0.2) is 0 Å². The highest BCUT2D eigenvalue weighted by Gasteiger charge is 2.19. The Morgan fingerprint density at radius 1 is 0.938 bits per heavy atom. The molecule has 2 heterocycles. The molecule has 0 radical (unpaired) electrons. The van der Waals surface area contributed by atoms with Crippen LogP contribution in [0.4, 0.5) is 5.82 Å². The summed E-state index contributed by atoms with van der Waals surface area (Å²) < 4.78 is 0. The summed E-state index contributed by atoms with van der Waals surface area (Å²) in [7, 11) is 0. The third-order valence-corrected chi connectivity index (χ3v) is 6.53. The minimum absolute atomic E-state index is 0.797. The average molecular weight is 429 g/mol. The number of nitrogens with one attached hydrogen (secondary N) is 1. The molecule has 0 saturated carbocycles. The monoisotopic (exact) mass is 428 g/mol. The number of piperidine rings is 1. The molecule has 2 aromatic carbocycles. The van der Waals surface area contributed by atoms with Crippen molar-refractivity contribution in [2.24, 2.45) is 5.92 Å². The second-order valence-electron chi connectivity index (χ2n) is 8.99. The summed E-state index contributed by atoms with van der Waals surface area (Å²) >= 11 is 0. The van der Waals surface area contributed by atoms with Crippen LogP contribution in [0.2, 0.25) is 0 Å². The second kappa shape index (κ2) is 11.8. The van der Waals surface area contributed by atoms with Gasteiger partial charge in [-0.2, -0.15) is 0 Å². The van der Waals surface area contributed by atoms with Gasteiger partial charge in [0, 0.05) is 18.7 Å². The lowest BCUT2D eigenvalue weighted by Crippen LogP contribution is -2.33. The molecule has 1 saturated heterocycles. The molecule has 4 rings (SSSR count). The number of hydrogen-bond acceptors (Lipinski definition) is 4. The second-order valence-corrected chi connectivity index (χ2v) is 8.99. The van der Waals surface area contributed by atoms with E-state index < -0.39 is 0 Å². The standard InChI is InChI=1S/C28H36N4/c1-2-3-12-26-21-27(30-31-28(26)25-13-8-5-9-14-25)29-18-15-23-16-19-32(20-17-23)22-24-10-6-4-7-11-24/h4-11,13-14,21,23H,2-3,12,15-20,22H2,1H3,(H,29,30). The number of unbranched alkanes of at least 4 members (excludes halogenated alkanes) is 1. The van der Waals surface area contributed by atoms with Crippen LogP contribution in [0.5, 0.6) is 0 Å². The molecule has 0 spiro atoms. The summed E-state index contributed by atoms with van der Waals surface area (Å²) in [6.45, 7) is 6.69. The van der Waals surface area contributed by atoms with E-state index in [9.17, 15) is 0 Å². The van der Waals surface area contributed by atoms with Crippen molar-refractivity contribution in [1.82, 2.24) is 15.1 Å². The van der Waals surface area contributed by atoms with E-state index in [1.165, 1.54) is 56.3 Å². The van der Waals surface area contributed by atoms with Crippen LogP contribution in [0, 0.1) is 5.92 Å². The zero-order chi connectivity index (χ0) is 22.0. The predicted octanol–water partition coefficient (Wildman–Crippen LogP) is 6.20. The number of likely N-dealkylation sites (tertiary alicyclic amines) is 1. The van der Waals surface area contributed by atoms with Gasteiger partial charge < -0.3 is 5.32 Å². The van der Waals surface area contributed by atoms with E-state index in [-0.39, 0.29) is 0 Å². The van der Waals surface area contributed by atoms with E-state index in [0.717, 1.165) is 42.5 Å². The van der Waals surface area contributed by atoms with Gasteiger partial charge in [0.25, 0.3) is 0 Å². The Morgan fingerprint density at radius 2 is 1.66 bits per heavy atom. The Bertz CT molecular complexity index is 934. The molecular formula is C28H36N4. The SMILES string of the molecule is CCCCc1cc(NCCC2CCN(Cc3ccccc3)CC2)nnc1-c1ccccc1. The molecule has 0 bridgehead atoms. The number of aromatic nitrogens is 2. The Labute approximate surface area is 193 Å². The Kier molecular flexibility index (Phi) is 8.27. The smallest absolute Gasteiger partial charge is 0.148 e. The van der Waals surface area contributed by atoms with Crippen molar-refractivity contribution in [3.05, 3.63) is 77.9 Å². The molecule has 1 N–H and O–H groups in total. The molecule has 4 nitrogen and oxygen atoms in total. The first-order valence-electron chi connectivity index (χ1n) is 12.2. The lowest BCUT2D eigenvalue weighted by molar-refractivity contribution is 0.174. The van der Waals surface area contributed by atoms with Crippen LogP contribution in [0.3, 0.4) is 0 Å². The van der Waals surface area contributed by atoms with E-state index in [4.69, 9.17) is 0 Å². The van der Waals surface area contributed by atoms with Crippen molar-refractivity contribution >= 4 is 5.82 Å². The van der Waals surface area contributed by atoms with Crippen molar-refractivity contribution in [3.63, 3.8) is 0 Å². The summed E-state index contributed by atoms with van der Waals surface area (Å²) in [6, 6.07) is 23.5. The van der Waals surface area contributed by atoms with Crippen LogP contribution < -0.4 is 5.32 Å². The summed E-state index contributed by atoms with van der Waals surface area (Å²) in [6.07, 6.45) is 7.18. The van der Waals surface area contributed by atoms with Crippen molar-refractivity contribution < 1.29 is 0 Å². The van der Waals surface area contributed by atoms with E-state index in [0.29, 0.717) is 0 Å². The predicted molar refractivity (Wildman–Crippen MR) is 134 cm³/mol. The van der Waals surface area contributed by atoms with Crippen LogP contribution in [-0.2, 0) is 13.0 Å². The van der Waals surface area contributed by atoms with Crippen molar-refractivity contribution in [2.45, 2.75) is 52.0 Å². The van der Waals surface area contributed by atoms with Gasteiger partial charge in [0.1, 0.15) is 5.82 Å². The first-order chi connectivity index (χ1) is 15.8. The molecule has 168 valence electrons. The van der Waals surface area contributed by atoms with Crippen molar-refractivity contribution in [3.8, 4) is 11.3 Å². The fourth-order valence-corrected chi connectivity index (χ4v) is 4.59. The number of nitrogens with zero attached hydrogens (tertiary/aromatic N) is 3. The molecule has 1 aliphatic rings. The van der Waals surface area contributed by atoms with Gasteiger partial charge in [-0.1, -0.05) is 74.0 Å². The van der Waals surface area contributed by atoms with Crippen LogP contribution >= 0.6 is 0 Å². The third-order valence-electron chi connectivity index (χ3n) is 6.53. The third kappa shape index (κ3) is 6.39. The molecule has 0 aliphatic carbocycles. The molecule has 4 heteroatoms. The Hall–Kier alpha value is -2.72. The molecular weight excluding hydrogens is 392 g/mol. The maximum atomic E-state index is 4.60. The summed E-state index contributed by atoms with van der Waals surface area (Å²) in [4.78, 5) is 2.59. The first-order valence-corrected chi connectivity index (χ1v) is 12.2. The van der Waals surface area contributed by atoms with Gasteiger partial charge >= 0.3 is 0 Å². The summed E-state index contributed by atoms with van der Waals surface area (Å²) in [5, 5.41) is 12.6. The van der Waals surface area contributed by atoms with Gasteiger partial charge in [-0.15, -0.1) is 10.2 Å². The molecule has 1 fully saturated rings. The number of hydrogen-bond donors (Lipinski definition) is 1. The maximum absolute atomic E-state index is 4.60. The van der Waals surface area contributed by atoms with E-state index >= 15 is 0 Å². The Balaban J connectivity index is 1.27. The highest BCUT2D eigenvalue weighted by Crippen LogP contribution is 2.25. The lowest BCUT2D eigenvalue weighted by Gasteiger charge is -2.32. The minimum atomic E-state index is 0.797. The van der Waals surface area contributed by atoms with Gasteiger partial charge in [0.05, 0.1) is 5.69 Å². The fraction of sp³-hybridized carbons (Fsp3) is 0.429. The van der Waals surface area contributed by atoms with E-state index in [1.807, 2.05) is 6.07 Å². The zero-order valence-electron chi connectivity index (χ0n) is 19.3. The van der Waals surface area contributed by atoms with Crippen LogP contribution in [0.15, 0.2) is 66.7 Å². The molecule has 1 aromatic heterocycles. The highest BCUT2D eigenvalue weighted by molar-refractivity contribution is 5.64. The average Bonchev–Trinajstić information content (AvgIpc) is 2.85. The molecule has 32 heavy (non-hydrogen) atoms. The number of benzene rings is 2. The minimum Gasteiger partial charge on any atom is -0.369 e. The van der Waals surface area contributed by atoms with E-state index in [2.05, 4.69) is 88.0 Å². The maximum Gasteiger partial charge on any atom is 0.148 e. The topological polar surface area (TPSA) is 41.0 Å². The van der Waals surface area contributed by atoms with Crippen molar-refractivity contribution in [1.29, 1.82) is 0 Å². The van der Waals surface area contributed by atoms with Crippen molar-refractivity contribution in [2.75, 3.05) is 25.0 Å². The van der Waals surface area contributed by atoms with Crippen LogP contribution in [0.1, 0.15) is 50.2 Å². The largest absolute Gasteiger partial charge is 0.369 e. The number of anilines is 1. The highest BCUT2D eigenvalue weighted by atomic mass is 15.2. The zero-order valence-corrected chi connectivity index (χ0v) is 19.3. The summed E-state index contributed by atoms with van der Waals surface area (Å²) in [5.41, 5.74) is 4.89. The van der Waals surface area contributed by atoms with Crippen LogP contribution in [0.25, 0.3) is 11.3 Å².